The normalized spacial score (nSPS) is 14.9. The maximum Gasteiger partial charge on any atom is 0.169 e. The summed E-state index contributed by atoms with van der Waals surface area (Å²) in [5.74, 6) is 1.48. The van der Waals surface area contributed by atoms with Crippen molar-refractivity contribution in [3.8, 4) is 17.2 Å². The first-order chi connectivity index (χ1) is 13.1. The van der Waals surface area contributed by atoms with Gasteiger partial charge in [-0.1, -0.05) is 36.4 Å². The number of ether oxygens (including phenoxy) is 2. The Morgan fingerprint density at radius 1 is 1.22 bits per heavy atom. The molecule has 0 bridgehead atoms. The van der Waals surface area contributed by atoms with Crippen LogP contribution in [-0.2, 0) is 11.2 Å². The summed E-state index contributed by atoms with van der Waals surface area (Å²) in [6.45, 7) is 0.635. The molecule has 27 heavy (non-hydrogen) atoms. The second kappa shape index (κ2) is 8.73. The number of phenolic OH excluding ortho intramolecular Hbond substituents is 1. The number of hydrogen-bond acceptors (Lipinski definition) is 5. The fourth-order valence-corrected chi connectivity index (χ4v) is 2.72. The fraction of sp³-hybridized carbons (Fsp3) is 0.318. The molecule has 0 spiro atoms. The predicted molar refractivity (Wildman–Crippen MR) is 103 cm³/mol. The van der Waals surface area contributed by atoms with Crippen LogP contribution in [0.15, 0.2) is 48.5 Å². The topological polar surface area (TPSA) is 76.0 Å². The molecule has 142 valence electrons. The average molecular weight is 368 g/mol. The van der Waals surface area contributed by atoms with Gasteiger partial charge in [0.2, 0.25) is 0 Å². The number of carbonyl (C=O) groups is 1. The zero-order valence-corrected chi connectivity index (χ0v) is 15.3. The van der Waals surface area contributed by atoms with Gasteiger partial charge in [0.15, 0.2) is 17.3 Å². The number of hydrogen-bond donors (Lipinski definition) is 2. The molecular formula is C22H24O5. The largest absolute Gasteiger partial charge is 0.508 e. The summed E-state index contributed by atoms with van der Waals surface area (Å²) in [5.41, 5.74) is 1.23. The maximum absolute atomic E-state index is 12.2. The molecule has 1 unspecified atom stereocenters. The third-order valence-corrected chi connectivity index (χ3v) is 4.53. The molecular weight excluding hydrogens is 344 g/mol. The molecule has 1 aliphatic carbocycles. The van der Waals surface area contributed by atoms with E-state index >= 15 is 0 Å². The van der Waals surface area contributed by atoms with Crippen molar-refractivity contribution >= 4 is 11.9 Å². The molecule has 5 nitrogen and oxygen atoms in total. The van der Waals surface area contributed by atoms with Crippen molar-refractivity contribution in [2.24, 2.45) is 5.92 Å². The molecule has 1 saturated carbocycles. The minimum atomic E-state index is -1.27. The number of ketones is 1. The van der Waals surface area contributed by atoms with Crippen LogP contribution in [0, 0.1) is 5.92 Å². The lowest BCUT2D eigenvalue weighted by atomic mass is 10.0. The molecule has 1 aliphatic rings. The van der Waals surface area contributed by atoms with Crippen LogP contribution in [0.3, 0.4) is 0 Å². The van der Waals surface area contributed by atoms with Crippen LogP contribution >= 0.6 is 0 Å². The van der Waals surface area contributed by atoms with E-state index in [0.717, 1.165) is 5.56 Å². The number of Topliss-reactive ketones (excluding diaryl/α,β-unsaturated/α-hetero) is 1. The maximum atomic E-state index is 12.2. The highest BCUT2D eigenvalue weighted by Crippen LogP contribution is 2.35. The quantitative estimate of drug-likeness (QED) is 0.710. The van der Waals surface area contributed by atoms with Crippen molar-refractivity contribution < 1.29 is 24.5 Å². The first-order valence-corrected chi connectivity index (χ1v) is 9.04. The van der Waals surface area contributed by atoms with Gasteiger partial charge in [0.05, 0.1) is 13.7 Å². The summed E-state index contributed by atoms with van der Waals surface area (Å²) in [4.78, 5) is 12.2. The Hall–Kier alpha value is -2.79. The Bertz CT molecular complexity index is 823. The zero-order valence-electron chi connectivity index (χ0n) is 15.3. The Labute approximate surface area is 158 Å². The monoisotopic (exact) mass is 368 g/mol. The summed E-state index contributed by atoms with van der Waals surface area (Å²) in [7, 11) is 1.58. The van der Waals surface area contributed by atoms with E-state index in [1.54, 1.807) is 31.4 Å². The number of phenols is 1. The minimum absolute atomic E-state index is 0.0403. The molecule has 0 saturated heterocycles. The molecule has 2 aromatic rings. The van der Waals surface area contributed by atoms with Crippen molar-refractivity contribution in [3.05, 3.63) is 59.7 Å². The van der Waals surface area contributed by atoms with Crippen LogP contribution in [0.25, 0.3) is 6.08 Å². The number of methoxy groups -OCH3 is 1. The Morgan fingerprint density at radius 2 is 2.00 bits per heavy atom. The van der Waals surface area contributed by atoms with Gasteiger partial charge in [-0.3, -0.25) is 4.79 Å². The highest BCUT2D eigenvalue weighted by atomic mass is 16.5. The van der Waals surface area contributed by atoms with E-state index in [-0.39, 0.29) is 12.2 Å². The summed E-state index contributed by atoms with van der Waals surface area (Å²) < 4.78 is 11.3. The third-order valence-electron chi connectivity index (χ3n) is 4.53. The molecule has 3 rings (SSSR count). The molecule has 1 fully saturated rings. The summed E-state index contributed by atoms with van der Waals surface area (Å²) in [6, 6.07) is 12.1. The Balaban J connectivity index is 1.70. The van der Waals surface area contributed by atoms with Gasteiger partial charge in [0.25, 0.3) is 0 Å². The third kappa shape index (κ3) is 5.11. The number of aliphatic hydroxyl groups is 1. The van der Waals surface area contributed by atoms with Crippen LogP contribution in [0.1, 0.15) is 24.0 Å². The molecule has 2 N–H and O–H groups in total. The van der Waals surface area contributed by atoms with Crippen molar-refractivity contribution in [2.45, 2.75) is 25.4 Å². The molecule has 0 aromatic heterocycles. The van der Waals surface area contributed by atoms with Gasteiger partial charge in [-0.2, -0.15) is 0 Å². The van der Waals surface area contributed by atoms with Gasteiger partial charge in [-0.05, 0) is 37.0 Å². The SMILES string of the molecule is COc1cccc(/C=C/C(O)C(=O)Cc2ccccc2O)c1OCC1CC1. The average Bonchev–Trinajstić information content (AvgIpc) is 3.50. The molecule has 0 aliphatic heterocycles. The van der Waals surface area contributed by atoms with Crippen LogP contribution in [-0.4, -0.2) is 35.8 Å². The first-order valence-electron chi connectivity index (χ1n) is 9.04. The second-order valence-electron chi connectivity index (χ2n) is 6.71. The number of aromatic hydroxyl groups is 1. The second-order valence-corrected chi connectivity index (χ2v) is 6.71. The van der Waals surface area contributed by atoms with E-state index in [0.29, 0.717) is 29.6 Å². The standard InChI is InChI=1S/C22H24O5/c1-26-21-8-4-6-16(22(21)27-14-15-9-10-15)11-12-19(24)20(25)13-17-5-2-3-7-18(17)23/h2-8,11-12,15,19,23-24H,9-10,13-14H2,1H3/b12-11+. The number of para-hydroxylation sites is 2. The zero-order chi connectivity index (χ0) is 19.2. The van der Waals surface area contributed by atoms with Crippen LogP contribution in [0.5, 0.6) is 17.2 Å². The summed E-state index contributed by atoms with van der Waals surface area (Å²) in [6.07, 6.45) is 4.15. The molecule has 0 amide bonds. The van der Waals surface area contributed by atoms with E-state index in [9.17, 15) is 15.0 Å². The first kappa shape index (κ1) is 19.0. The van der Waals surface area contributed by atoms with Gasteiger partial charge in [-0.15, -0.1) is 0 Å². The van der Waals surface area contributed by atoms with Crippen LogP contribution < -0.4 is 9.47 Å². The van der Waals surface area contributed by atoms with Crippen molar-refractivity contribution in [1.29, 1.82) is 0 Å². The Morgan fingerprint density at radius 3 is 2.70 bits per heavy atom. The van der Waals surface area contributed by atoms with Gasteiger partial charge in [-0.25, -0.2) is 0 Å². The number of benzene rings is 2. The fourth-order valence-electron chi connectivity index (χ4n) is 2.72. The van der Waals surface area contributed by atoms with Crippen LogP contribution in [0.2, 0.25) is 0 Å². The van der Waals surface area contributed by atoms with Gasteiger partial charge in [0, 0.05) is 17.5 Å². The lowest BCUT2D eigenvalue weighted by molar-refractivity contribution is -0.124. The minimum Gasteiger partial charge on any atom is -0.508 e. The van der Waals surface area contributed by atoms with E-state index in [4.69, 9.17) is 9.47 Å². The van der Waals surface area contributed by atoms with Gasteiger partial charge < -0.3 is 19.7 Å². The predicted octanol–water partition coefficient (Wildman–Crippen LogP) is 3.38. The van der Waals surface area contributed by atoms with Crippen molar-refractivity contribution in [3.63, 3.8) is 0 Å². The molecule has 0 radical (unpaired) electrons. The highest BCUT2D eigenvalue weighted by molar-refractivity contribution is 5.88. The lowest BCUT2D eigenvalue weighted by Gasteiger charge is -2.13. The van der Waals surface area contributed by atoms with E-state index in [1.165, 1.54) is 25.0 Å². The molecule has 5 heteroatoms. The molecule has 0 heterocycles. The van der Waals surface area contributed by atoms with Crippen molar-refractivity contribution in [2.75, 3.05) is 13.7 Å². The number of aliphatic hydroxyl groups excluding tert-OH is 1. The van der Waals surface area contributed by atoms with Crippen molar-refractivity contribution in [1.82, 2.24) is 0 Å². The number of rotatable bonds is 9. The lowest BCUT2D eigenvalue weighted by Crippen LogP contribution is -2.19. The van der Waals surface area contributed by atoms with E-state index < -0.39 is 11.9 Å². The highest BCUT2D eigenvalue weighted by Gasteiger charge is 2.23. The molecule has 1 atom stereocenters. The van der Waals surface area contributed by atoms with E-state index in [2.05, 4.69) is 0 Å². The van der Waals surface area contributed by atoms with Gasteiger partial charge >= 0.3 is 0 Å². The summed E-state index contributed by atoms with van der Waals surface area (Å²) in [5, 5.41) is 20.0. The Kier molecular flexibility index (Phi) is 6.14. The molecule has 2 aromatic carbocycles. The number of carbonyl (C=O) groups excluding carboxylic acids is 1. The van der Waals surface area contributed by atoms with Crippen LogP contribution in [0.4, 0.5) is 0 Å². The summed E-state index contributed by atoms with van der Waals surface area (Å²) >= 11 is 0. The van der Waals surface area contributed by atoms with Gasteiger partial charge in [0.1, 0.15) is 11.9 Å². The van der Waals surface area contributed by atoms with E-state index in [1.807, 2.05) is 18.2 Å². The smallest absolute Gasteiger partial charge is 0.169 e.